The average Bonchev–Trinajstić information content (AvgIpc) is 2.26. The Morgan fingerprint density at radius 1 is 1.28 bits per heavy atom. The Morgan fingerprint density at radius 3 is 2.78 bits per heavy atom. The van der Waals surface area contributed by atoms with Crippen molar-refractivity contribution in [3.8, 4) is 0 Å². The summed E-state index contributed by atoms with van der Waals surface area (Å²) in [4.78, 5) is 16.1. The number of amides is 1. The van der Waals surface area contributed by atoms with Crippen molar-refractivity contribution in [1.29, 1.82) is 0 Å². The van der Waals surface area contributed by atoms with Crippen molar-refractivity contribution < 1.29 is 4.79 Å². The van der Waals surface area contributed by atoms with E-state index in [0.29, 0.717) is 6.42 Å². The van der Waals surface area contributed by atoms with Crippen LogP contribution in [-0.4, -0.2) is 10.9 Å². The topological polar surface area (TPSA) is 42.0 Å². The zero-order valence-corrected chi connectivity index (χ0v) is 11.0. The van der Waals surface area contributed by atoms with Gasteiger partial charge in [-0.25, -0.2) is 0 Å². The van der Waals surface area contributed by atoms with E-state index in [9.17, 15) is 4.79 Å². The monoisotopic (exact) mass is 242 g/mol. The fourth-order valence-electron chi connectivity index (χ4n) is 1.84. The van der Waals surface area contributed by atoms with E-state index in [4.69, 9.17) is 0 Å². The second kappa shape index (κ2) is 4.77. The molecule has 2 rings (SSSR count). The lowest BCUT2D eigenvalue weighted by molar-refractivity contribution is -0.117. The van der Waals surface area contributed by atoms with Gasteiger partial charge in [0, 0.05) is 23.7 Å². The summed E-state index contributed by atoms with van der Waals surface area (Å²) in [6.45, 7) is 6.16. The minimum atomic E-state index is 0.00247. The number of benzene rings is 1. The number of hydrogen-bond acceptors (Lipinski definition) is 2. The third-order valence-corrected chi connectivity index (χ3v) is 2.58. The van der Waals surface area contributed by atoms with E-state index in [0.717, 1.165) is 16.6 Å². The van der Waals surface area contributed by atoms with Crippen molar-refractivity contribution in [3.63, 3.8) is 0 Å². The summed E-state index contributed by atoms with van der Waals surface area (Å²) in [5, 5.41) is 3.96. The van der Waals surface area contributed by atoms with E-state index < -0.39 is 0 Å². The van der Waals surface area contributed by atoms with E-state index >= 15 is 0 Å². The minimum Gasteiger partial charge on any atom is -0.326 e. The van der Waals surface area contributed by atoms with Gasteiger partial charge in [0.05, 0.1) is 5.52 Å². The number of anilines is 1. The highest BCUT2D eigenvalue weighted by Gasteiger charge is 2.15. The summed E-state index contributed by atoms with van der Waals surface area (Å²) < 4.78 is 0. The third kappa shape index (κ3) is 3.29. The lowest BCUT2D eigenvalue weighted by atomic mass is 9.92. The molecule has 0 atom stereocenters. The van der Waals surface area contributed by atoms with Crippen LogP contribution in [-0.2, 0) is 4.79 Å². The molecule has 1 amide bonds. The van der Waals surface area contributed by atoms with Crippen molar-refractivity contribution in [3.05, 3.63) is 36.5 Å². The first kappa shape index (κ1) is 12.6. The van der Waals surface area contributed by atoms with Crippen LogP contribution in [0.5, 0.6) is 0 Å². The van der Waals surface area contributed by atoms with Crippen LogP contribution in [0.4, 0.5) is 5.69 Å². The molecule has 3 nitrogen and oxygen atoms in total. The molecule has 0 spiro atoms. The molecule has 3 heteroatoms. The molecule has 2 aromatic rings. The summed E-state index contributed by atoms with van der Waals surface area (Å²) in [7, 11) is 0. The fourth-order valence-corrected chi connectivity index (χ4v) is 1.84. The molecule has 0 aliphatic carbocycles. The highest BCUT2D eigenvalue weighted by molar-refractivity contribution is 5.93. The lowest BCUT2D eigenvalue weighted by Gasteiger charge is -2.17. The van der Waals surface area contributed by atoms with Gasteiger partial charge in [-0.3, -0.25) is 9.78 Å². The maximum Gasteiger partial charge on any atom is 0.224 e. The Kier molecular flexibility index (Phi) is 3.32. The Bertz CT molecular complexity index is 570. The standard InChI is InChI=1S/C15H18N2O/c1-15(2,3)10-14(18)17-12-6-7-13-11(9-12)5-4-8-16-13/h4-9H,10H2,1-3H3,(H,17,18). The first-order valence-electron chi connectivity index (χ1n) is 6.09. The predicted octanol–water partition coefficient (Wildman–Crippen LogP) is 3.61. The smallest absolute Gasteiger partial charge is 0.224 e. The van der Waals surface area contributed by atoms with Gasteiger partial charge in [-0.05, 0) is 29.7 Å². The number of carbonyl (C=O) groups is 1. The number of nitrogens with zero attached hydrogens (tertiary/aromatic N) is 1. The van der Waals surface area contributed by atoms with Gasteiger partial charge in [0.15, 0.2) is 0 Å². The molecule has 0 aliphatic heterocycles. The Labute approximate surface area is 107 Å². The minimum absolute atomic E-state index is 0.00247. The molecular weight excluding hydrogens is 224 g/mol. The summed E-state index contributed by atoms with van der Waals surface area (Å²) in [5.74, 6) is 0.0470. The van der Waals surface area contributed by atoms with Crippen LogP contribution in [0.15, 0.2) is 36.5 Å². The van der Waals surface area contributed by atoms with Gasteiger partial charge >= 0.3 is 0 Å². The first-order chi connectivity index (χ1) is 8.44. The number of rotatable bonds is 2. The fraction of sp³-hybridized carbons (Fsp3) is 0.333. The normalized spacial score (nSPS) is 11.5. The van der Waals surface area contributed by atoms with Crippen molar-refractivity contribution in [2.45, 2.75) is 27.2 Å². The highest BCUT2D eigenvalue weighted by atomic mass is 16.1. The van der Waals surface area contributed by atoms with Crippen molar-refractivity contribution in [2.24, 2.45) is 5.41 Å². The van der Waals surface area contributed by atoms with Gasteiger partial charge in [0.2, 0.25) is 5.91 Å². The molecule has 0 bridgehead atoms. The van der Waals surface area contributed by atoms with E-state index in [-0.39, 0.29) is 11.3 Å². The van der Waals surface area contributed by atoms with Crippen LogP contribution in [0, 0.1) is 5.41 Å². The van der Waals surface area contributed by atoms with E-state index in [1.54, 1.807) is 6.20 Å². The van der Waals surface area contributed by atoms with Crippen LogP contribution in [0.1, 0.15) is 27.2 Å². The Morgan fingerprint density at radius 2 is 2.06 bits per heavy atom. The largest absolute Gasteiger partial charge is 0.326 e. The number of fused-ring (bicyclic) bond motifs is 1. The number of pyridine rings is 1. The SMILES string of the molecule is CC(C)(C)CC(=O)Nc1ccc2ncccc2c1. The molecule has 0 saturated carbocycles. The summed E-state index contributed by atoms with van der Waals surface area (Å²) in [6, 6.07) is 9.63. The van der Waals surface area contributed by atoms with Crippen LogP contribution >= 0.6 is 0 Å². The molecule has 1 aromatic heterocycles. The molecule has 1 heterocycles. The maximum absolute atomic E-state index is 11.8. The van der Waals surface area contributed by atoms with Gasteiger partial charge in [-0.2, -0.15) is 0 Å². The van der Waals surface area contributed by atoms with Gasteiger partial charge in [-0.1, -0.05) is 26.8 Å². The van der Waals surface area contributed by atoms with Gasteiger partial charge in [0.25, 0.3) is 0 Å². The van der Waals surface area contributed by atoms with E-state index in [1.165, 1.54) is 0 Å². The predicted molar refractivity (Wildman–Crippen MR) is 74.4 cm³/mol. The Balaban J connectivity index is 2.15. The maximum atomic E-state index is 11.8. The molecule has 1 aromatic carbocycles. The zero-order chi connectivity index (χ0) is 13.2. The molecule has 0 saturated heterocycles. The van der Waals surface area contributed by atoms with E-state index in [2.05, 4.69) is 31.1 Å². The summed E-state index contributed by atoms with van der Waals surface area (Å²) in [5.41, 5.74) is 1.76. The van der Waals surface area contributed by atoms with Crippen LogP contribution in [0.25, 0.3) is 10.9 Å². The zero-order valence-electron chi connectivity index (χ0n) is 11.0. The van der Waals surface area contributed by atoms with Crippen molar-refractivity contribution >= 4 is 22.5 Å². The molecule has 0 aliphatic rings. The number of aromatic nitrogens is 1. The van der Waals surface area contributed by atoms with Crippen LogP contribution in [0.3, 0.4) is 0 Å². The highest BCUT2D eigenvalue weighted by Crippen LogP contribution is 2.21. The van der Waals surface area contributed by atoms with Crippen LogP contribution in [0.2, 0.25) is 0 Å². The van der Waals surface area contributed by atoms with Gasteiger partial charge < -0.3 is 5.32 Å². The molecule has 0 radical (unpaired) electrons. The lowest BCUT2D eigenvalue weighted by Crippen LogP contribution is -2.19. The average molecular weight is 242 g/mol. The first-order valence-corrected chi connectivity index (χ1v) is 6.09. The number of nitrogens with one attached hydrogen (secondary N) is 1. The molecule has 18 heavy (non-hydrogen) atoms. The molecule has 0 unspecified atom stereocenters. The summed E-state index contributed by atoms with van der Waals surface area (Å²) >= 11 is 0. The molecule has 94 valence electrons. The second-order valence-corrected chi connectivity index (χ2v) is 5.70. The van der Waals surface area contributed by atoms with Crippen LogP contribution < -0.4 is 5.32 Å². The van der Waals surface area contributed by atoms with Gasteiger partial charge in [-0.15, -0.1) is 0 Å². The van der Waals surface area contributed by atoms with Gasteiger partial charge in [0.1, 0.15) is 0 Å². The Hall–Kier alpha value is -1.90. The molecule has 1 N–H and O–H groups in total. The second-order valence-electron chi connectivity index (χ2n) is 5.70. The molecular formula is C15H18N2O. The van der Waals surface area contributed by atoms with Crippen molar-refractivity contribution in [1.82, 2.24) is 4.98 Å². The quantitative estimate of drug-likeness (QED) is 0.874. The van der Waals surface area contributed by atoms with E-state index in [1.807, 2.05) is 30.3 Å². The third-order valence-electron chi connectivity index (χ3n) is 2.58. The summed E-state index contributed by atoms with van der Waals surface area (Å²) in [6.07, 6.45) is 2.28. The number of hydrogen-bond donors (Lipinski definition) is 1. The molecule has 0 fully saturated rings. The van der Waals surface area contributed by atoms with Crippen molar-refractivity contribution in [2.75, 3.05) is 5.32 Å². The number of carbonyl (C=O) groups excluding carboxylic acids is 1.